The molecule has 6 nitrogen and oxygen atoms in total. The summed E-state index contributed by atoms with van der Waals surface area (Å²) in [4.78, 5) is 36.7. The lowest BCUT2D eigenvalue weighted by atomic mass is 9.88. The summed E-state index contributed by atoms with van der Waals surface area (Å²) in [7, 11) is 0. The van der Waals surface area contributed by atoms with Crippen molar-refractivity contribution in [2.75, 3.05) is 25.4 Å². The Morgan fingerprint density at radius 3 is 2.96 bits per heavy atom. The summed E-state index contributed by atoms with van der Waals surface area (Å²) in [5, 5.41) is 2.82. The first-order valence-corrected chi connectivity index (χ1v) is 9.06. The second-order valence-corrected chi connectivity index (χ2v) is 6.95. The van der Waals surface area contributed by atoms with Crippen LogP contribution in [0.15, 0.2) is 24.3 Å². The molecule has 1 aliphatic heterocycles. The normalized spacial score (nSPS) is 19.8. The van der Waals surface area contributed by atoms with Gasteiger partial charge in [0, 0.05) is 12.3 Å². The molecule has 1 saturated heterocycles. The number of carbonyl (C=O) groups excluding carboxylic acids is 3. The van der Waals surface area contributed by atoms with Crippen LogP contribution < -0.4 is 5.32 Å². The van der Waals surface area contributed by atoms with Crippen molar-refractivity contribution in [3.8, 4) is 0 Å². The molecule has 1 N–H and O–H groups in total. The minimum absolute atomic E-state index is 0.0299. The fraction of sp³-hybridized carbons (Fsp3) is 0.471. The molecule has 0 radical (unpaired) electrons. The zero-order valence-electron chi connectivity index (χ0n) is 13.3. The monoisotopic (exact) mass is 348 g/mol. The van der Waals surface area contributed by atoms with E-state index < -0.39 is 5.97 Å². The average molecular weight is 348 g/mol. The van der Waals surface area contributed by atoms with Crippen LogP contribution in [0.5, 0.6) is 0 Å². The summed E-state index contributed by atoms with van der Waals surface area (Å²) in [5.74, 6) is -0.176. The fourth-order valence-electron chi connectivity index (χ4n) is 3.06. The van der Waals surface area contributed by atoms with E-state index >= 15 is 0 Å². The molecule has 0 unspecified atom stereocenters. The smallest absolute Gasteiger partial charge is 0.326 e. The van der Waals surface area contributed by atoms with Crippen molar-refractivity contribution in [2.45, 2.75) is 25.3 Å². The Hall–Kier alpha value is -2.02. The maximum Gasteiger partial charge on any atom is 0.326 e. The summed E-state index contributed by atoms with van der Waals surface area (Å²) in [5.41, 5.74) is 2.40. The number of esters is 1. The fourth-order valence-corrected chi connectivity index (χ4v) is 3.88. The lowest BCUT2D eigenvalue weighted by molar-refractivity contribution is -0.149. The molecule has 1 atom stereocenters. The molecule has 1 heterocycles. The van der Waals surface area contributed by atoms with Crippen molar-refractivity contribution in [3.63, 3.8) is 0 Å². The quantitative estimate of drug-likeness (QED) is 0.823. The molecule has 1 fully saturated rings. The van der Waals surface area contributed by atoms with Gasteiger partial charge in [-0.15, -0.1) is 0 Å². The summed E-state index contributed by atoms with van der Waals surface area (Å²) in [6, 6.07) is 8.05. The third-order valence-corrected chi connectivity index (χ3v) is 5.13. The highest BCUT2D eigenvalue weighted by molar-refractivity contribution is 8.13. The van der Waals surface area contributed by atoms with Crippen LogP contribution in [0.2, 0.25) is 0 Å². The predicted octanol–water partition coefficient (Wildman–Crippen LogP) is 1.89. The lowest BCUT2D eigenvalue weighted by Gasteiger charge is -2.26. The number of rotatable bonds is 5. The van der Waals surface area contributed by atoms with E-state index in [-0.39, 0.29) is 30.3 Å². The van der Waals surface area contributed by atoms with Crippen LogP contribution in [0.25, 0.3) is 0 Å². The first kappa shape index (κ1) is 16.8. The predicted molar refractivity (Wildman–Crippen MR) is 90.6 cm³/mol. The van der Waals surface area contributed by atoms with Crippen LogP contribution in [-0.2, 0) is 20.7 Å². The largest absolute Gasteiger partial charge is 0.454 e. The van der Waals surface area contributed by atoms with Gasteiger partial charge in [0.05, 0.1) is 6.04 Å². The summed E-state index contributed by atoms with van der Waals surface area (Å²) < 4.78 is 4.99. The topological polar surface area (TPSA) is 75.7 Å². The van der Waals surface area contributed by atoms with Crippen molar-refractivity contribution < 1.29 is 19.1 Å². The van der Waals surface area contributed by atoms with Crippen molar-refractivity contribution in [2.24, 2.45) is 0 Å². The van der Waals surface area contributed by atoms with Gasteiger partial charge in [-0.3, -0.25) is 14.4 Å². The maximum atomic E-state index is 12.1. The van der Waals surface area contributed by atoms with E-state index in [0.29, 0.717) is 12.3 Å². The molecule has 2 amide bonds. The minimum atomic E-state index is -0.551. The third kappa shape index (κ3) is 4.08. The van der Waals surface area contributed by atoms with Gasteiger partial charge in [-0.2, -0.15) is 0 Å². The van der Waals surface area contributed by atoms with E-state index in [9.17, 15) is 14.4 Å². The molecule has 7 heteroatoms. The van der Waals surface area contributed by atoms with Crippen LogP contribution in [0.4, 0.5) is 4.79 Å². The number of amides is 2. The van der Waals surface area contributed by atoms with Gasteiger partial charge in [0.1, 0.15) is 6.54 Å². The number of aryl methyl sites for hydroxylation is 1. The van der Waals surface area contributed by atoms with Gasteiger partial charge in [-0.25, -0.2) is 0 Å². The van der Waals surface area contributed by atoms with Crippen molar-refractivity contribution >= 4 is 28.9 Å². The number of ether oxygens (including phenoxy) is 1. The summed E-state index contributed by atoms with van der Waals surface area (Å²) in [6.07, 6.45) is 2.94. The van der Waals surface area contributed by atoms with Crippen LogP contribution in [-0.4, -0.2) is 47.5 Å². The average Bonchev–Trinajstić information content (AvgIpc) is 2.98. The molecular formula is C17H20N2O4S. The second kappa shape index (κ2) is 7.70. The number of fused-ring (bicyclic) bond motifs is 1. The molecule has 1 aliphatic carbocycles. The van der Waals surface area contributed by atoms with Gasteiger partial charge in [-0.05, 0) is 30.4 Å². The highest BCUT2D eigenvalue weighted by Gasteiger charge is 2.25. The number of hydrogen-bond donors (Lipinski definition) is 1. The van der Waals surface area contributed by atoms with Gasteiger partial charge in [0.2, 0.25) is 0 Å². The van der Waals surface area contributed by atoms with E-state index in [1.165, 1.54) is 22.2 Å². The first-order chi connectivity index (χ1) is 11.6. The van der Waals surface area contributed by atoms with Crippen LogP contribution in [0, 0.1) is 0 Å². The van der Waals surface area contributed by atoms with Crippen molar-refractivity contribution in [1.29, 1.82) is 0 Å². The van der Waals surface area contributed by atoms with E-state index in [0.717, 1.165) is 24.8 Å². The molecule has 2 aliphatic rings. The number of nitrogens with one attached hydrogen (secondary N) is 1. The van der Waals surface area contributed by atoms with E-state index in [2.05, 4.69) is 11.4 Å². The highest BCUT2D eigenvalue weighted by atomic mass is 32.2. The lowest BCUT2D eigenvalue weighted by Crippen LogP contribution is -2.36. The van der Waals surface area contributed by atoms with Gasteiger partial charge < -0.3 is 15.0 Å². The molecule has 0 saturated carbocycles. The number of nitrogens with zero attached hydrogens (tertiary/aromatic N) is 1. The van der Waals surface area contributed by atoms with Gasteiger partial charge in [-0.1, -0.05) is 36.0 Å². The SMILES string of the molecule is O=C(COC(=O)CN1CCSC1=O)N[C@@H]1CCCc2ccccc21. The maximum absolute atomic E-state index is 12.1. The Labute approximate surface area is 144 Å². The Morgan fingerprint density at radius 1 is 1.33 bits per heavy atom. The zero-order valence-corrected chi connectivity index (χ0v) is 14.1. The van der Waals surface area contributed by atoms with Gasteiger partial charge in [0.25, 0.3) is 11.1 Å². The minimum Gasteiger partial charge on any atom is -0.454 e. The van der Waals surface area contributed by atoms with Crippen molar-refractivity contribution in [3.05, 3.63) is 35.4 Å². The molecule has 0 aromatic heterocycles. The summed E-state index contributed by atoms with van der Waals surface area (Å²) in [6.45, 7) is 0.141. The van der Waals surface area contributed by atoms with Crippen LogP contribution in [0.3, 0.4) is 0 Å². The highest BCUT2D eigenvalue weighted by Crippen LogP contribution is 2.29. The Balaban J connectivity index is 1.46. The number of thioether (sulfide) groups is 1. The second-order valence-electron chi connectivity index (χ2n) is 5.91. The van der Waals surface area contributed by atoms with E-state index in [1.807, 2.05) is 18.2 Å². The molecule has 3 rings (SSSR count). The standard InChI is InChI=1S/C17H20N2O4S/c20-15(11-23-16(21)10-19-8-9-24-17(19)22)18-14-7-3-5-12-4-1-2-6-13(12)14/h1-2,4,6,14H,3,5,7-11H2,(H,18,20)/t14-/m1/s1. The molecule has 0 bridgehead atoms. The number of carbonyl (C=O) groups is 3. The van der Waals surface area contributed by atoms with Crippen LogP contribution in [0.1, 0.15) is 30.0 Å². The molecule has 24 heavy (non-hydrogen) atoms. The first-order valence-electron chi connectivity index (χ1n) is 8.08. The molecule has 1 aromatic carbocycles. The molecular weight excluding hydrogens is 328 g/mol. The van der Waals surface area contributed by atoms with Crippen molar-refractivity contribution in [1.82, 2.24) is 10.2 Å². The van der Waals surface area contributed by atoms with Crippen LogP contribution >= 0.6 is 11.8 Å². The summed E-state index contributed by atoms with van der Waals surface area (Å²) >= 11 is 1.19. The van der Waals surface area contributed by atoms with Gasteiger partial charge >= 0.3 is 5.97 Å². The number of hydrogen-bond acceptors (Lipinski definition) is 5. The number of benzene rings is 1. The zero-order chi connectivity index (χ0) is 16.9. The molecule has 1 aromatic rings. The van der Waals surface area contributed by atoms with Gasteiger partial charge in [0.15, 0.2) is 6.61 Å². The Morgan fingerprint density at radius 2 is 2.17 bits per heavy atom. The third-order valence-electron chi connectivity index (χ3n) is 4.23. The molecule has 128 valence electrons. The molecule has 0 spiro atoms. The van der Waals surface area contributed by atoms with E-state index in [1.54, 1.807) is 0 Å². The Bertz CT molecular complexity index is 649. The van der Waals surface area contributed by atoms with E-state index in [4.69, 9.17) is 4.74 Å². The Kier molecular flexibility index (Phi) is 5.40.